The quantitative estimate of drug-likeness (QED) is 0.760. The minimum absolute atomic E-state index is 0.0595. The number of hydrogen-bond acceptors (Lipinski definition) is 6. The zero-order valence-electron chi connectivity index (χ0n) is 15.8. The van der Waals surface area contributed by atoms with Crippen LogP contribution < -0.4 is 5.56 Å². The molecule has 3 heterocycles. The molecule has 3 aliphatic rings. The van der Waals surface area contributed by atoms with Gasteiger partial charge in [-0.25, -0.2) is 9.67 Å². The lowest BCUT2D eigenvalue weighted by molar-refractivity contribution is 0.122. The maximum absolute atomic E-state index is 12.2. The predicted octanol–water partition coefficient (Wildman–Crippen LogP) is 1.88. The Bertz CT molecular complexity index is 863. The van der Waals surface area contributed by atoms with Gasteiger partial charge in [-0.1, -0.05) is 0 Å². The second kappa shape index (κ2) is 7.45. The van der Waals surface area contributed by atoms with E-state index in [1.807, 2.05) is 11.3 Å². The summed E-state index contributed by atoms with van der Waals surface area (Å²) in [5.41, 5.74) is 3.60. The molecule has 2 aromatic heterocycles. The fraction of sp³-hybridized carbons (Fsp3) is 0.650. The van der Waals surface area contributed by atoms with Gasteiger partial charge in [0.1, 0.15) is 0 Å². The van der Waals surface area contributed by atoms with Crippen LogP contribution in [0.3, 0.4) is 0 Å². The summed E-state index contributed by atoms with van der Waals surface area (Å²) in [6.45, 7) is 6.83. The number of thiazole rings is 1. The Morgan fingerprint density at radius 1 is 1.07 bits per heavy atom. The summed E-state index contributed by atoms with van der Waals surface area (Å²) in [7, 11) is 0. The summed E-state index contributed by atoms with van der Waals surface area (Å²) in [5, 5.41) is 8.18. The summed E-state index contributed by atoms with van der Waals surface area (Å²) >= 11 is 1.84. The first kappa shape index (κ1) is 17.5. The number of hydrogen-bond donors (Lipinski definition) is 0. The molecule has 0 unspecified atom stereocenters. The maximum Gasteiger partial charge on any atom is 0.267 e. The number of aryl methyl sites for hydroxylation is 2. The van der Waals surface area contributed by atoms with Gasteiger partial charge in [0.15, 0.2) is 0 Å². The molecule has 5 rings (SSSR count). The minimum atomic E-state index is 0.0595. The van der Waals surface area contributed by atoms with E-state index in [0.29, 0.717) is 6.54 Å². The van der Waals surface area contributed by atoms with Gasteiger partial charge in [0.05, 0.1) is 22.9 Å². The van der Waals surface area contributed by atoms with Gasteiger partial charge in [-0.15, -0.1) is 11.3 Å². The van der Waals surface area contributed by atoms with Gasteiger partial charge in [0, 0.05) is 56.6 Å². The molecular weight excluding hydrogens is 358 g/mol. The molecule has 2 fully saturated rings. The van der Waals surface area contributed by atoms with Gasteiger partial charge in [-0.3, -0.25) is 14.6 Å². The van der Waals surface area contributed by atoms with E-state index in [1.54, 1.807) is 10.7 Å². The second-order valence-electron chi connectivity index (χ2n) is 8.10. The van der Waals surface area contributed by atoms with E-state index >= 15 is 0 Å². The molecule has 27 heavy (non-hydrogen) atoms. The van der Waals surface area contributed by atoms with Crippen LogP contribution in [0, 0.1) is 0 Å². The van der Waals surface area contributed by atoms with Crippen molar-refractivity contribution >= 4 is 11.3 Å². The monoisotopic (exact) mass is 385 g/mol. The Labute approximate surface area is 163 Å². The molecule has 0 N–H and O–H groups in total. The molecule has 0 atom stereocenters. The van der Waals surface area contributed by atoms with Crippen molar-refractivity contribution in [3.8, 4) is 0 Å². The third kappa shape index (κ3) is 4.00. The number of nitrogens with zero attached hydrogens (tertiary/aromatic N) is 5. The molecule has 2 aliphatic carbocycles. The van der Waals surface area contributed by atoms with Crippen LogP contribution in [-0.4, -0.2) is 57.3 Å². The topological polar surface area (TPSA) is 54.3 Å². The Morgan fingerprint density at radius 2 is 1.89 bits per heavy atom. The molecule has 0 radical (unpaired) electrons. The SMILES string of the molecule is O=c1cc2c(nn1CCN1CCN(Cc3csc(C4CC4)n3)CC1)CCC2. The Balaban J connectivity index is 1.10. The van der Waals surface area contributed by atoms with Crippen molar-refractivity contribution in [1.82, 2.24) is 24.6 Å². The Hall–Kier alpha value is -1.57. The Morgan fingerprint density at radius 3 is 2.70 bits per heavy atom. The summed E-state index contributed by atoms with van der Waals surface area (Å²) in [6.07, 6.45) is 5.82. The van der Waals surface area contributed by atoms with Crippen LogP contribution in [-0.2, 0) is 25.9 Å². The lowest BCUT2D eigenvalue weighted by Gasteiger charge is -2.34. The standard InChI is InChI=1S/C20H27N5OS/c26-19-12-16-2-1-3-18(16)22-25(19)11-10-23-6-8-24(9-7-23)13-17-14-27-20(21-17)15-4-5-15/h12,14-15H,1-11,13H2. The van der Waals surface area contributed by atoms with Gasteiger partial charge in [0.25, 0.3) is 5.56 Å². The van der Waals surface area contributed by atoms with E-state index in [2.05, 4.69) is 20.3 Å². The van der Waals surface area contributed by atoms with Crippen molar-refractivity contribution in [2.75, 3.05) is 32.7 Å². The largest absolute Gasteiger partial charge is 0.299 e. The van der Waals surface area contributed by atoms with Crippen LogP contribution in [0.15, 0.2) is 16.2 Å². The summed E-state index contributed by atoms with van der Waals surface area (Å²) < 4.78 is 1.67. The van der Waals surface area contributed by atoms with Crippen LogP contribution in [0.25, 0.3) is 0 Å². The van der Waals surface area contributed by atoms with E-state index < -0.39 is 0 Å². The van der Waals surface area contributed by atoms with Crippen LogP contribution in [0.4, 0.5) is 0 Å². The number of rotatable bonds is 6. The van der Waals surface area contributed by atoms with Crippen molar-refractivity contribution in [3.05, 3.63) is 43.8 Å². The summed E-state index contributed by atoms with van der Waals surface area (Å²) in [6, 6.07) is 1.80. The first-order valence-corrected chi connectivity index (χ1v) is 11.1. The first-order valence-electron chi connectivity index (χ1n) is 10.2. The highest BCUT2D eigenvalue weighted by Crippen LogP contribution is 2.41. The van der Waals surface area contributed by atoms with Gasteiger partial charge in [0.2, 0.25) is 0 Å². The molecule has 144 valence electrons. The highest BCUT2D eigenvalue weighted by molar-refractivity contribution is 7.09. The van der Waals surface area contributed by atoms with Crippen molar-refractivity contribution in [1.29, 1.82) is 0 Å². The van der Waals surface area contributed by atoms with E-state index in [-0.39, 0.29) is 5.56 Å². The zero-order valence-corrected chi connectivity index (χ0v) is 16.6. The Kier molecular flexibility index (Phi) is 4.83. The van der Waals surface area contributed by atoms with Crippen molar-refractivity contribution in [2.24, 2.45) is 0 Å². The average molecular weight is 386 g/mol. The van der Waals surface area contributed by atoms with E-state index in [0.717, 1.165) is 75.7 Å². The number of aromatic nitrogens is 3. The average Bonchev–Trinajstić information content (AvgIpc) is 3.26. The lowest BCUT2D eigenvalue weighted by Crippen LogP contribution is -2.47. The van der Waals surface area contributed by atoms with Crippen LogP contribution >= 0.6 is 11.3 Å². The molecule has 1 aliphatic heterocycles. The third-order valence-corrected chi connectivity index (χ3v) is 7.05. The highest BCUT2D eigenvalue weighted by atomic mass is 32.1. The third-order valence-electron chi connectivity index (χ3n) is 6.00. The first-order chi connectivity index (χ1) is 13.2. The minimum Gasteiger partial charge on any atom is -0.299 e. The molecule has 0 aromatic carbocycles. The molecule has 7 heteroatoms. The lowest BCUT2D eigenvalue weighted by atomic mass is 10.2. The highest BCUT2D eigenvalue weighted by Gasteiger charge is 2.27. The molecule has 1 saturated heterocycles. The molecule has 1 saturated carbocycles. The smallest absolute Gasteiger partial charge is 0.267 e. The molecule has 6 nitrogen and oxygen atoms in total. The summed E-state index contributed by atoms with van der Waals surface area (Å²) in [5.74, 6) is 0.761. The van der Waals surface area contributed by atoms with Crippen molar-refractivity contribution < 1.29 is 0 Å². The van der Waals surface area contributed by atoms with Crippen LogP contribution in [0.1, 0.15) is 47.1 Å². The molecule has 2 aromatic rings. The second-order valence-corrected chi connectivity index (χ2v) is 8.99. The number of piperazine rings is 1. The zero-order chi connectivity index (χ0) is 18.2. The molecule has 0 bridgehead atoms. The van der Waals surface area contributed by atoms with Gasteiger partial charge in [-0.2, -0.15) is 5.10 Å². The molecule has 0 spiro atoms. The predicted molar refractivity (Wildman–Crippen MR) is 106 cm³/mol. The van der Waals surface area contributed by atoms with Gasteiger partial charge >= 0.3 is 0 Å². The van der Waals surface area contributed by atoms with Crippen LogP contribution in [0.2, 0.25) is 0 Å². The van der Waals surface area contributed by atoms with Crippen molar-refractivity contribution in [3.63, 3.8) is 0 Å². The van der Waals surface area contributed by atoms with Crippen LogP contribution in [0.5, 0.6) is 0 Å². The normalized spacial score (nSPS) is 20.9. The summed E-state index contributed by atoms with van der Waals surface area (Å²) in [4.78, 5) is 22.0. The number of fused-ring (bicyclic) bond motifs is 1. The fourth-order valence-electron chi connectivity index (χ4n) is 4.15. The fourth-order valence-corrected chi connectivity index (χ4v) is 5.13. The van der Waals surface area contributed by atoms with Gasteiger partial charge in [-0.05, 0) is 37.7 Å². The maximum atomic E-state index is 12.2. The van der Waals surface area contributed by atoms with Gasteiger partial charge < -0.3 is 0 Å². The van der Waals surface area contributed by atoms with E-state index in [4.69, 9.17) is 4.98 Å². The molecule has 0 amide bonds. The van der Waals surface area contributed by atoms with E-state index in [1.165, 1.54) is 23.5 Å². The molecular formula is C20H27N5OS. The van der Waals surface area contributed by atoms with E-state index in [9.17, 15) is 4.79 Å². The van der Waals surface area contributed by atoms with Crippen molar-refractivity contribution in [2.45, 2.75) is 51.1 Å².